The molecule has 0 bridgehead atoms. The van der Waals surface area contributed by atoms with Gasteiger partial charge >= 0.3 is 0 Å². The van der Waals surface area contributed by atoms with E-state index < -0.39 is 0 Å². The number of nitrogens with one attached hydrogen (secondary N) is 1. The van der Waals surface area contributed by atoms with Crippen LogP contribution in [-0.4, -0.2) is 36.8 Å². The van der Waals surface area contributed by atoms with E-state index in [0.717, 1.165) is 40.8 Å². The number of hydrogen-bond acceptors (Lipinski definition) is 8. The van der Waals surface area contributed by atoms with Crippen molar-refractivity contribution < 1.29 is 9.53 Å². The molecule has 4 aromatic rings. The molecular weight excluding hydrogens is 456 g/mol. The van der Waals surface area contributed by atoms with Gasteiger partial charge in [0.1, 0.15) is 6.10 Å². The molecule has 0 radical (unpaired) electrons. The maximum absolute atomic E-state index is 12.0. The molecular formula is C23H24N6O2S2. The van der Waals surface area contributed by atoms with Crippen molar-refractivity contribution in [2.45, 2.75) is 67.5 Å². The topological polar surface area (TPSA) is 94.3 Å². The van der Waals surface area contributed by atoms with E-state index in [9.17, 15) is 4.79 Å². The molecule has 2 aliphatic carbocycles. The molecule has 8 nitrogen and oxygen atoms in total. The molecule has 2 fully saturated rings. The fourth-order valence-electron chi connectivity index (χ4n) is 4.09. The Labute approximate surface area is 199 Å². The molecule has 0 spiro atoms. The summed E-state index contributed by atoms with van der Waals surface area (Å²) in [6, 6.07) is 9.82. The number of anilines is 1. The van der Waals surface area contributed by atoms with Crippen molar-refractivity contribution in [3.63, 3.8) is 0 Å². The van der Waals surface area contributed by atoms with Crippen LogP contribution in [0.25, 0.3) is 15.9 Å². The van der Waals surface area contributed by atoms with Crippen molar-refractivity contribution in [1.29, 1.82) is 0 Å². The van der Waals surface area contributed by atoms with Crippen molar-refractivity contribution in [2.24, 2.45) is 5.92 Å². The van der Waals surface area contributed by atoms with Gasteiger partial charge in [-0.15, -0.1) is 15.3 Å². The smallest absolute Gasteiger partial charge is 0.232 e. The van der Waals surface area contributed by atoms with Crippen molar-refractivity contribution in [1.82, 2.24) is 24.8 Å². The molecule has 33 heavy (non-hydrogen) atoms. The summed E-state index contributed by atoms with van der Waals surface area (Å²) >= 11 is 2.99. The van der Waals surface area contributed by atoms with Crippen LogP contribution in [0.3, 0.4) is 0 Å². The number of thiazole rings is 1. The van der Waals surface area contributed by atoms with E-state index in [0.29, 0.717) is 21.8 Å². The fraction of sp³-hybridized carbons (Fsp3) is 0.435. The minimum Gasteiger partial charge on any atom is -0.473 e. The normalized spacial score (nSPS) is 17.3. The molecule has 170 valence electrons. The number of rotatable bonds is 6. The molecule has 1 aromatic carbocycles. The number of nitrogens with zero attached hydrogens (tertiary/aromatic N) is 5. The third-order valence-corrected chi connectivity index (χ3v) is 7.91. The van der Waals surface area contributed by atoms with Crippen LogP contribution < -0.4 is 10.1 Å². The number of benzene rings is 1. The number of fused-ring (bicyclic) bond motifs is 2. The van der Waals surface area contributed by atoms with Gasteiger partial charge in [-0.2, -0.15) is 4.52 Å². The first-order valence-electron chi connectivity index (χ1n) is 11.5. The summed E-state index contributed by atoms with van der Waals surface area (Å²) in [5.41, 5.74) is 1.56. The Bertz CT molecular complexity index is 1310. The molecule has 0 atom stereocenters. The van der Waals surface area contributed by atoms with Crippen molar-refractivity contribution in [3.8, 4) is 5.88 Å². The number of ether oxygens (including phenoxy) is 1. The lowest BCUT2D eigenvalue weighted by Crippen LogP contribution is -2.16. The highest BCUT2D eigenvalue weighted by atomic mass is 32.2. The van der Waals surface area contributed by atoms with Crippen LogP contribution in [0.1, 0.15) is 51.4 Å². The Morgan fingerprint density at radius 3 is 2.73 bits per heavy atom. The van der Waals surface area contributed by atoms with Crippen LogP contribution >= 0.6 is 23.1 Å². The van der Waals surface area contributed by atoms with Gasteiger partial charge in [-0.25, -0.2) is 4.98 Å². The molecule has 0 aliphatic heterocycles. The lowest BCUT2D eigenvalue weighted by molar-refractivity contribution is -0.117. The second kappa shape index (κ2) is 8.90. The number of hydrogen-bond donors (Lipinski definition) is 1. The standard InChI is InChI=1S/C23H24N6O2S2/c30-21(14-7-8-14)25-22-24-17-10-9-16(13-18(17)33-22)32-23-27-26-19-11-12-20(28-29(19)23)31-15-5-3-1-2-4-6-15/h9-15H,1-8H2,(H,24,25,30). The maximum Gasteiger partial charge on any atom is 0.232 e. The molecule has 1 amide bonds. The second-order valence-electron chi connectivity index (χ2n) is 8.67. The Kier molecular flexibility index (Phi) is 5.63. The van der Waals surface area contributed by atoms with Crippen molar-refractivity contribution in [2.75, 3.05) is 5.32 Å². The lowest BCUT2D eigenvalue weighted by Gasteiger charge is -2.15. The van der Waals surface area contributed by atoms with Crippen LogP contribution in [0.4, 0.5) is 5.13 Å². The maximum atomic E-state index is 12.0. The number of aromatic nitrogens is 5. The Morgan fingerprint density at radius 2 is 1.91 bits per heavy atom. The second-order valence-corrected chi connectivity index (χ2v) is 10.7. The molecule has 6 rings (SSSR count). The molecule has 3 heterocycles. The van der Waals surface area contributed by atoms with E-state index >= 15 is 0 Å². The van der Waals surface area contributed by atoms with Gasteiger partial charge in [-0.3, -0.25) is 4.79 Å². The average molecular weight is 481 g/mol. The summed E-state index contributed by atoms with van der Waals surface area (Å²) in [5.74, 6) is 0.852. The van der Waals surface area contributed by atoms with Crippen LogP contribution in [0, 0.1) is 5.92 Å². The van der Waals surface area contributed by atoms with Crippen molar-refractivity contribution >= 4 is 50.0 Å². The average Bonchev–Trinajstić information content (AvgIpc) is 3.55. The van der Waals surface area contributed by atoms with Gasteiger partial charge in [0.2, 0.25) is 16.9 Å². The summed E-state index contributed by atoms with van der Waals surface area (Å²) in [6.45, 7) is 0. The van der Waals surface area contributed by atoms with E-state index in [1.807, 2.05) is 24.3 Å². The van der Waals surface area contributed by atoms with Gasteiger partial charge in [-0.05, 0) is 74.6 Å². The highest BCUT2D eigenvalue weighted by Crippen LogP contribution is 2.35. The minimum atomic E-state index is 0.0755. The molecule has 1 N–H and O–H groups in total. The number of carbonyl (C=O) groups is 1. The van der Waals surface area contributed by atoms with Gasteiger partial charge in [-0.1, -0.05) is 24.2 Å². The summed E-state index contributed by atoms with van der Waals surface area (Å²) in [7, 11) is 0. The Morgan fingerprint density at radius 1 is 1.06 bits per heavy atom. The van der Waals surface area contributed by atoms with Crippen molar-refractivity contribution in [3.05, 3.63) is 30.3 Å². The first-order valence-corrected chi connectivity index (χ1v) is 13.1. The van der Waals surface area contributed by atoms with Gasteiger partial charge in [0.05, 0.1) is 10.2 Å². The van der Waals surface area contributed by atoms with Crippen LogP contribution in [0.5, 0.6) is 5.88 Å². The number of amides is 1. The molecule has 0 unspecified atom stereocenters. The SMILES string of the molecule is O=C(Nc1nc2ccc(Sc3nnc4ccc(OC5CCCCCC5)nn34)cc2s1)C1CC1. The largest absolute Gasteiger partial charge is 0.473 e. The van der Waals surface area contributed by atoms with E-state index in [4.69, 9.17) is 4.74 Å². The minimum absolute atomic E-state index is 0.0755. The van der Waals surface area contributed by atoms with E-state index in [1.54, 1.807) is 4.52 Å². The Hall–Kier alpha value is -2.72. The molecule has 0 saturated heterocycles. The van der Waals surface area contributed by atoms with Crippen LogP contribution in [-0.2, 0) is 4.79 Å². The zero-order valence-electron chi connectivity index (χ0n) is 18.1. The first kappa shape index (κ1) is 20.9. The monoisotopic (exact) mass is 480 g/mol. The summed E-state index contributed by atoms with van der Waals surface area (Å²) in [5, 5.41) is 17.5. The van der Waals surface area contributed by atoms with E-state index in [2.05, 4.69) is 31.7 Å². The summed E-state index contributed by atoms with van der Waals surface area (Å²) < 4.78 is 8.96. The quantitative estimate of drug-likeness (QED) is 0.373. The molecule has 10 heteroatoms. The molecule has 2 saturated carbocycles. The predicted molar refractivity (Wildman–Crippen MR) is 128 cm³/mol. The van der Waals surface area contributed by atoms with E-state index in [1.165, 1.54) is 48.8 Å². The first-order chi connectivity index (χ1) is 16.2. The predicted octanol–water partition coefficient (Wildman–Crippen LogP) is 5.34. The zero-order valence-corrected chi connectivity index (χ0v) is 19.7. The van der Waals surface area contributed by atoms with Crippen LogP contribution in [0.2, 0.25) is 0 Å². The van der Waals surface area contributed by atoms with Gasteiger partial charge in [0.25, 0.3) is 0 Å². The van der Waals surface area contributed by atoms with Gasteiger partial charge < -0.3 is 10.1 Å². The van der Waals surface area contributed by atoms with Gasteiger partial charge in [0, 0.05) is 16.9 Å². The third-order valence-electron chi connectivity index (χ3n) is 6.05. The van der Waals surface area contributed by atoms with Crippen LogP contribution in [0.15, 0.2) is 40.4 Å². The lowest BCUT2D eigenvalue weighted by atomic mass is 10.1. The Balaban J connectivity index is 1.21. The van der Waals surface area contributed by atoms with Gasteiger partial charge in [0.15, 0.2) is 10.8 Å². The highest BCUT2D eigenvalue weighted by molar-refractivity contribution is 7.99. The molecule has 3 aromatic heterocycles. The summed E-state index contributed by atoms with van der Waals surface area (Å²) in [4.78, 5) is 17.6. The zero-order chi connectivity index (χ0) is 22.2. The number of carbonyl (C=O) groups excluding carboxylic acids is 1. The summed E-state index contributed by atoms with van der Waals surface area (Å²) in [6.07, 6.45) is 9.36. The third kappa shape index (κ3) is 4.67. The fourth-order valence-corrected chi connectivity index (χ4v) is 5.90. The van der Waals surface area contributed by atoms with E-state index in [-0.39, 0.29) is 17.9 Å². The highest BCUT2D eigenvalue weighted by Gasteiger charge is 2.30. The molecule has 2 aliphatic rings.